The molecule has 90 valence electrons. The Kier molecular flexibility index (Phi) is 3.07. The molecular weight excluding hydrogens is 240 g/mol. The van der Waals surface area contributed by atoms with Crippen molar-refractivity contribution in [3.63, 3.8) is 0 Å². The van der Waals surface area contributed by atoms with Gasteiger partial charge in [0.25, 0.3) is 0 Å². The molecule has 1 heterocycles. The number of hydrogen-bond donors (Lipinski definition) is 2. The molecule has 0 saturated heterocycles. The van der Waals surface area contributed by atoms with E-state index in [0.717, 1.165) is 0 Å². The molecule has 0 aromatic heterocycles. The van der Waals surface area contributed by atoms with Crippen molar-refractivity contribution >= 4 is 19.2 Å². The Balaban J connectivity index is 1.98. The normalized spacial score (nSPS) is 22.4. The van der Waals surface area contributed by atoms with Gasteiger partial charge in [-0.25, -0.2) is 0 Å². The molecule has 3 rings (SSSR count). The lowest BCUT2D eigenvalue weighted by molar-refractivity contribution is -0.389. The van der Waals surface area contributed by atoms with E-state index < -0.39 is 0 Å². The maximum absolute atomic E-state index is 4.52. The molecule has 0 saturated carbocycles. The monoisotopic (exact) mass is 255 g/mol. The molecule has 1 N–H and O–H groups in total. The molecule has 0 fully saturated rings. The standard InChI is InChI=1S/C15H14N2S/c18-17-11-16-14(12-7-3-1-4-8-12)15(17)13-9-5-2-6-10-13/h1-11,14-15,18H/p+1. The fourth-order valence-electron chi connectivity index (χ4n) is 2.42. The predicted molar refractivity (Wildman–Crippen MR) is 76.8 cm³/mol. The van der Waals surface area contributed by atoms with Gasteiger partial charge in [0.2, 0.25) is 6.34 Å². The van der Waals surface area contributed by atoms with Crippen molar-refractivity contribution < 1.29 is 3.98 Å². The molecule has 2 unspecified atom stereocenters. The molecule has 1 aliphatic rings. The molecule has 0 spiro atoms. The summed E-state index contributed by atoms with van der Waals surface area (Å²) in [6.45, 7) is 0. The van der Waals surface area contributed by atoms with E-state index in [1.165, 1.54) is 11.1 Å². The van der Waals surface area contributed by atoms with Gasteiger partial charge in [-0.15, -0.1) is 0 Å². The number of benzene rings is 2. The number of nitrogens with zero attached hydrogens (tertiary/aromatic N) is 1. The lowest BCUT2D eigenvalue weighted by Gasteiger charge is -2.16. The third-order valence-corrected chi connectivity index (χ3v) is 3.65. The van der Waals surface area contributed by atoms with Gasteiger partial charge >= 0.3 is 0 Å². The van der Waals surface area contributed by atoms with Crippen molar-refractivity contribution in [1.29, 1.82) is 0 Å². The van der Waals surface area contributed by atoms with Crippen LogP contribution in [0, 0.1) is 0 Å². The van der Waals surface area contributed by atoms with E-state index in [0.29, 0.717) is 0 Å². The highest BCUT2D eigenvalue weighted by atomic mass is 32.1. The second kappa shape index (κ2) is 4.86. The van der Waals surface area contributed by atoms with Gasteiger partial charge < -0.3 is 0 Å². The fraction of sp³-hybridized carbons (Fsp3) is 0.133. The van der Waals surface area contributed by atoms with Crippen molar-refractivity contribution in [3.05, 3.63) is 71.8 Å². The second-order valence-corrected chi connectivity index (χ2v) is 4.88. The third-order valence-electron chi connectivity index (χ3n) is 3.29. The number of nitrogens with one attached hydrogen (secondary N) is 1. The van der Waals surface area contributed by atoms with Crippen molar-refractivity contribution in [2.45, 2.75) is 12.1 Å². The lowest BCUT2D eigenvalue weighted by Crippen LogP contribution is -2.19. The fourth-order valence-corrected chi connectivity index (χ4v) is 2.75. The topological polar surface area (TPSA) is 15.0 Å². The zero-order chi connectivity index (χ0) is 12.4. The minimum atomic E-state index is 0.219. The molecule has 3 heteroatoms. The molecule has 0 radical (unpaired) electrons. The molecule has 0 bridgehead atoms. The number of hydrogen-bond acceptors (Lipinski definition) is 2. The Hall–Kier alpha value is -1.74. The van der Waals surface area contributed by atoms with Crippen LogP contribution in [0.15, 0.2) is 60.7 Å². The van der Waals surface area contributed by atoms with Crippen molar-refractivity contribution in [2.24, 2.45) is 0 Å². The molecular formula is C15H15N2S+. The summed E-state index contributed by atoms with van der Waals surface area (Å²) < 4.78 is 1.94. The van der Waals surface area contributed by atoms with Gasteiger partial charge in [-0.3, -0.25) is 5.32 Å². The first-order valence-corrected chi connectivity index (χ1v) is 6.43. The Morgan fingerprint density at radius 2 is 1.39 bits per heavy atom. The first-order valence-electron chi connectivity index (χ1n) is 6.03. The van der Waals surface area contributed by atoms with Gasteiger partial charge in [-0.05, 0) is 0 Å². The highest BCUT2D eigenvalue weighted by Crippen LogP contribution is 2.34. The van der Waals surface area contributed by atoms with Gasteiger partial charge in [0.15, 0.2) is 12.1 Å². The van der Waals surface area contributed by atoms with E-state index in [-0.39, 0.29) is 12.1 Å². The largest absolute Gasteiger partial charge is 0.268 e. The van der Waals surface area contributed by atoms with Crippen molar-refractivity contribution in [1.82, 2.24) is 5.32 Å². The average Bonchev–Trinajstić information content (AvgIpc) is 2.83. The van der Waals surface area contributed by atoms with Gasteiger partial charge in [0.05, 0.1) is 0 Å². The van der Waals surface area contributed by atoms with E-state index in [1.54, 1.807) is 0 Å². The van der Waals surface area contributed by atoms with E-state index in [9.17, 15) is 0 Å². The molecule has 2 aromatic carbocycles. The highest BCUT2D eigenvalue weighted by Gasteiger charge is 2.36. The highest BCUT2D eigenvalue weighted by molar-refractivity contribution is 7.73. The molecule has 0 aliphatic carbocycles. The Labute approximate surface area is 113 Å². The van der Waals surface area contributed by atoms with Crippen LogP contribution in [0.1, 0.15) is 23.2 Å². The quantitative estimate of drug-likeness (QED) is 0.622. The minimum absolute atomic E-state index is 0.219. The van der Waals surface area contributed by atoms with Crippen molar-refractivity contribution in [3.8, 4) is 0 Å². The van der Waals surface area contributed by atoms with Crippen LogP contribution in [-0.4, -0.2) is 10.3 Å². The summed E-state index contributed by atoms with van der Waals surface area (Å²) in [6.07, 6.45) is 1.93. The Morgan fingerprint density at radius 1 is 0.833 bits per heavy atom. The number of rotatable bonds is 2. The van der Waals surface area contributed by atoms with E-state index in [2.05, 4.69) is 66.7 Å². The Morgan fingerprint density at radius 3 is 2.00 bits per heavy atom. The predicted octanol–water partition coefficient (Wildman–Crippen LogP) is 2.96. The van der Waals surface area contributed by atoms with Crippen LogP contribution >= 0.6 is 12.8 Å². The Bertz CT molecular complexity index is 551. The molecule has 0 amide bonds. The average molecular weight is 255 g/mol. The SMILES string of the molecule is S[N+]1=CNC(c2ccccc2)C1c1ccccc1. The summed E-state index contributed by atoms with van der Waals surface area (Å²) in [5.74, 6) is 0. The maximum Gasteiger partial charge on any atom is 0.244 e. The summed E-state index contributed by atoms with van der Waals surface area (Å²) in [7, 11) is 0. The summed E-state index contributed by atoms with van der Waals surface area (Å²) in [4.78, 5) is 0. The number of thiol groups is 1. The first kappa shape index (κ1) is 11.4. The second-order valence-electron chi connectivity index (χ2n) is 4.42. The molecule has 18 heavy (non-hydrogen) atoms. The van der Waals surface area contributed by atoms with E-state index >= 15 is 0 Å². The lowest BCUT2D eigenvalue weighted by atomic mass is 9.95. The molecule has 2 atom stereocenters. The van der Waals surface area contributed by atoms with Gasteiger partial charge in [0.1, 0.15) is 0 Å². The van der Waals surface area contributed by atoms with Crippen LogP contribution in [0.5, 0.6) is 0 Å². The van der Waals surface area contributed by atoms with Crippen LogP contribution < -0.4 is 5.32 Å². The zero-order valence-corrected chi connectivity index (χ0v) is 10.8. The van der Waals surface area contributed by atoms with Gasteiger partial charge in [-0.1, -0.05) is 60.7 Å². The summed E-state index contributed by atoms with van der Waals surface area (Å²) >= 11 is 4.52. The molecule has 1 aliphatic heterocycles. The third kappa shape index (κ3) is 2.02. The summed E-state index contributed by atoms with van der Waals surface area (Å²) in [5, 5.41) is 3.40. The molecule has 2 aromatic rings. The van der Waals surface area contributed by atoms with E-state index in [1.807, 2.05) is 22.5 Å². The van der Waals surface area contributed by atoms with Crippen LogP contribution in [-0.2, 0) is 0 Å². The molecule has 2 nitrogen and oxygen atoms in total. The zero-order valence-electron chi connectivity index (χ0n) is 9.90. The minimum Gasteiger partial charge on any atom is -0.268 e. The van der Waals surface area contributed by atoms with Gasteiger partial charge in [-0.2, -0.15) is 3.98 Å². The van der Waals surface area contributed by atoms with Crippen LogP contribution in [0.4, 0.5) is 0 Å². The smallest absolute Gasteiger partial charge is 0.244 e. The van der Waals surface area contributed by atoms with Crippen LogP contribution in [0.2, 0.25) is 0 Å². The summed E-state index contributed by atoms with van der Waals surface area (Å²) in [5.41, 5.74) is 2.54. The maximum atomic E-state index is 4.52. The van der Waals surface area contributed by atoms with Gasteiger partial charge in [0, 0.05) is 23.9 Å². The summed E-state index contributed by atoms with van der Waals surface area (Å²) in [6, 6.07) is 21.4. The first-order chi connectivity index (χ1) is 8.86. The van der Waals surface area contributed by atoms with E-state index in [4.69, 9.17) is 0 Å². The van der Waals surface area contributed by atoms with Crippen LogP contribution in [0.25, 0.3) is 0 Å². The van der Waals surface area contributed by atoms with Crippen molar-refractivity contribution in [2.75, 3.05) is 0 Å². The van der Waals surface area contributed by atoms with Crippen LogP contribution in [0.3, 0.4) is 0 Å².